The molecule has 0 amide bonds. The predicted octanol–water partition coefficient (Wildman–Crippen LogP) is 22.5. The van der Waals surface area contributed by atoms with Crippen molar-refractivity contribution in [3.63, 3.8) is 0 Å². The third kappa shape index (κ3) is 17.3. The number of aliphatic hydroxyl groups excluding tert-OH is 2. The van der Waals surface area contributed by atoms with Crippen molar-refractivity contribution in [3.05, 3.63) is 95.6 Å². The second-order valence-corrected chi connectivity index (χ2v) is 44.2. The van der Waals surface area contributed by atoms with Crippen LogP contribution < -0.4 is 0 Å². The molecule has 0 bridgehead atoms. The van der Waals surface area contributed by atoms with Crippen LogP contribution in [0.5, 0.6) is 0 Å². The Hall–Kier alpha value is -2.96. The molecule has 1 saturated heterocycles. The van der Waals surface area contributed by atoms with Crippen molar-refractivity contribution in [2.45, 2.75) is 340 Å². The Morgan fingerprint density at radius 1 is 0.447 bits per heavy atom. The van der Waals surface area contributed by atoms with Crippen LogP contribution in [0.2, 0.25) is 0 Å². The van der Waals surface area contributed by atoms with Gasteiger partial charge in [-0.05, 0) is 320 Å². The van der Waals surface area contributed by atoms with Gasteiger partial charge in [0, 0.05) is 19.3 Å². The van der Waals surface area contributed by atoms with Gasteiger partial charge in [0.25, 0.3) is 0 Å². The third-order valence-corrected chi connectivity index (χ3v) is 38.4. The SMILES string of the molecule is C.C.C[C@H](CS(=O)(=O)c1ccccc1)[C@H]1CC[C@H]2[C@@H]3CC=C4C[C@](O)(C(F)(F)F)CC[C@]4(C)[C@H]3CC[C@]12C.C[C@H](O)CC([C@@H](C)[C@H]1CC[C@H]2[C@@H]3CC=C4C[C@](O)(C(F)(F)F)CC[C@]4(C)[C@H]3CC[C@]12C)S(=O)(=O)c1ccccc1.C[C@H](O)CC[C@@H](C)[C@H]1CC[C@H]2[C@@H]3CC=C4C[C@](O)(C(F)(F)F)CC[C@]4(C)[C@H]3CC[C@]12C.C[C@H]1CO1.S. The highest BCUT2D eigenvalue weighted by Gasteiger charge is 2.68. The molecular weight excluding hydrogens is 1530 g/mol. The number of sulfone groups is 2. The smallest absolute Gasteiger partial charge is 0.393 e. The van der Waals surface area contributed by atoms with Crippen LogP contribution in [0.3, 0.4) is 0 Å². The normalized spacial score (nSPS) is 41.5. The monoisotopic (exact) mass is 1670 g/mol. The van der Waals surface area contributed by atoms with Gasteiger partial charge in [0.1, 0.15) is 0 Å². The van der Waals surface area contributed by atoms with Gasteiger partial charge in [0.15, 0.2) is 36.5 Å². The van der Waals surface area contributed by atoms with Gasteiger partial charge in [0.05, 0.1) is 45.7 Å². The molecule has 0 radical (unpaired) electrons. The van der Waals surface area contributed by atoms with E-state index in [1.807, 2.05) is 25.1 Å². The number of ether oxygens (including phenoxy) is 1. The summed E-state index contributed by atoms with van der Waals surface area (Å²) in [7, 11) is -7.01. The van der Waals surface area contributed by atoms with Gasteiger partial charge in [-0.3, -0.25) is 0 Å². The van der Waals surface area contributed by atoms with E-state index in [1.54, 1.807) is 61.5 Å². The lowest BCUT2D eigenvalue weighted by atomic mass is 9.46. The van der Waals surface area contributed by atoms with Gasteiger partial charge >= 0.3 is 18.5 Å². The minimum Gasteiger partial charge on any atom is -0.393 e. The summed E-state index contributed by atoms with van der Waals surface area (Å²) < 4.78 is 181. The summed E-state index contributed by atoms with van der Waals surface area (Å²) in [4.78, 5) is 0.680. The molecular formula is C92H141F9O10S3. The molecule has 10 fully saturated rings. The van der Waals surface area contributed by atoms with Crippen LogP contribution in [0.25, 0.3) is 0 Å². The Morgan fingerprint density at radius 3 is 1.10 bits per heavy atom. The summed E-state index contributed by atoms with van der Waals surface area (Å²) in [5, 5.41) is 50.6. The summed E-state index contributed by atoms with van der Waals surface area (Å²) in [6, 6.07) is 17.2. The van der Waals surface area contributed by atoms with E-state index in [0.29, 0.717) is 106 Å². The predicted molar refractivity (Wildman–Crippen MR) is 438 cm³/mol. The zero-order valence-corrected chi connectivity index (χ0v) is 71.1. The van der Waals surface area contributed by atoms with Crippen LogP contribution in [-0.2, 0) is 24.4 Å². The molecule has 0 aromatic heterocycles. The number of hydrogen-bond donors (Lipinski definition) is 5. The quantitative estimate of drug-likeness (QED) is 0.0694. The first-order valence-corrected chi connectivity index (χ1v) is 45.7. The number of hydrogen-bond acceptors (Lipinski definition) is 10. The van der Waals surface area contributed by atoms with Crippen molar-refractivity contribution in [1.29, 1.82) is 0 Å². The Kier molecular flexibility index (Phi) is 28.3. The van der Waals surface area contributed by atoms with Gasteiger partial charge < -0.3 is 30.3 Å². The lowest BCUT2D eigenvalue weighted by Crippen LogP contribution is -2.56. The fraction of sp³-hybridized carbons (Fsp3) is 0.804. The first-order chi connectivity index (χ1) is 51.5. The lowest BCUT2D eigenvalue weighted by molar-refractivity contribution is -0.271. The van der Waals surface area contributed by atoms with E-state index in [1.165, 1.54) is 12.8 Å². The lowest BCUT2D eigenvalue weighted by Gasteiger charge is -2.59. The van der Waals surface area contributed by atoms with Crippen LogP contribution in [0.4, 0.5) is 39.5 Å². The van der Waals surface area contributed by atoms with Crippen molar-refractivity contribution in [1.82, 2.24) is 0 Å². The number of rotatable bonds is 14. The molecule has 1 heterocycles. The Morgan fingerprint density at radius 2 is 0.772 bits per heavy atom. The number of epoxide rings is 1. The van der Waals surface area contributed by atoms with Gasteiger partial charge in [-0.1, -0.05) is 149 Å². The standard InChI is InChI=1S/C32H45F3O4S.C29H39F3O3S.C26H41F3O2.C3H6O.2CH4.H2S/c1-20(36)18-28(40(38,39)23-8-6-5-7-9-23)21(2)25-12-13-26-24-11-10-22-19-31(37,32(33,34)35)17-16-29(22,3)27(24)14-15-30(25,26)4;1-19(18-36(34,35)21-7-5-4-6-8-21)23-11-12-24-22-10-9-20-17-28(33,29(30,31)32)16-15-26(20,2)25(22)13-14-27(23,24)3;1-16(5-6-17(2)30)20-9-10-21-19-8-7-18-15-25(31,26(27,28)29)14-13-23(18,3)22(19)11-12-24(20,21)4;1-3-2-4-3;;;/h5-10,20-21,24-28,36-37H,11-19H2,1-4H3;4-9,19,22-25,33H,10-18H2,1-3H3;7,16-17,19-22,30-31H,5-6,8-15H2,1-4H3;3H,2H2,1H3;2*1H4;1H2/t20-,21-,24-,25+,26-,27-,28?,29-,30+,31-;19-,22+,23-,24+,25+,26+,27-,28+;16-,17+,19+,20-,21+,22+,23+,24-,25+;3-;;;/m0110.../s1. The Bertz CT molecular complexity index is 3940. The van der Waals surface area contributed by atoms with Crippen molar-refractivity contribution in [3.8, 4) is 0 Å². The van der Waals surface area contributed by atoms with Gasteiger partial charge in [-0.15, -0.1) is 0 Å². The van der Waals surface area contributed by atoms with Gasteiger partial charge in [-0.2, -0.15) is 53.0 Å². The zero-order chi connectivity index (χ0) is 81.3. The average Bonchev–Trinajstić information content (AvgIpc) is 1.41. The Labute approximate surface area is 685 Å². The summed E-state index contributed by atoms with van der Waals surface area (Å²) >= 11 is 0. The summed E-state index contributed by atoms with van der Waals surface area (Å²) in [5.74, 6) is 5.67. The Balaban J connectivity index is 0.000000190. The molecule has 0 spiro atoms. The molecule has 15 rings (SSSR count). The highest BCUT2D eigenvalue weighted by Crippen LogP contribution is 2.73. The second kappa shape index (κ2) is 34.0. The molecule has 1 unspecified atom stereocenters. The zero-order valence-electron chi connectivity index (χ0n) is 68.5. The molecule has 2 aromatic carbocycles. The fourth-order valence-electron chi connectivity index (χ4n) is 27.5. The number of allylic oxidation sites excluding steroid dienone is 3. The maximum Gasteiger partial charge on any atom is 0.417 e. The topological polar surface area (TPSA) is 182 Å². The minimum absolute atomic E-state index is 0. The van der Waals surface area contributed by atoms with E-state index in [-0.39, 0.29) is 136 Å². The van der Waals surface area contributed by atoms with Crippen LogP contribution in [0.1, 0.15) is 271 Å². The maximum atomic E-state index is 13.9. The molecule has 10 nitrogen and oxygen atoms in total. The second-order valence-electron chi connectivity index (χ2n) is 40.0. The van der Waals surface area contributed by atoms with Crippen LogP contribution in [0, 0.1) is 121 Å². The van der Waals surface area contributed by atoms with Crippen molar-refractivity contribution in [2.75, 3.05) is 12.4 Å². The first kappa shape index (κ1) is 94.9. The van der Waals surface area contributed by atoms with Crippen molar-refractivity contribution < 1.29 is 86.6 Å². The molecule has 13 aliphatic rings. The maximum absolute atomic E-state index is 13.9. The van der Waals surface area contributed by atoms with E-state index in [2.05, 4.69) is 75.3 Å². The molecule has 22 heteroatoms. The van der Waals surface area contributed by atoms with E-state index < -0.39 is 66.4 Å². The molecule has 1 aliphatic heterocycles. The number of halogens is 9. The molecule has 28 atom stereocenters. The third-order valence-electron chi connectivity index (χ3n) is 34.1. The summed E-state index contributed by atoms with van der Waals surface area (Å²) in [6.07, 6.45) is 8.54. The van der Waals surface area contributed by atoms with E-state index in [0.717, 1.165) is 120 Å². The summed E-state index contributed by atoms with van der Waals surface area (Å²) in [6.45, 7) is 26.7. The van der Waals surface area contributed by atoms with Gasteiger partial charge in [0.2, 0.25) is 0 Å². The number of alkyl halides is 9. The highest BCUT2D eigenvalue weighted by atomic mass is 32.2. The van der Waals surface area contributed by atoms with Crippen molar-refractivity contribution in [2.24, 2.45) is 121 Å². The molecule has 114 heavy (non-hydrogen) atoms. The largest absolute Gasteiger partial charge is 0.417 e. The van der Waals surface area contributed by atoms with Crippen LogP contribution >= 0.6 is 13.5 Å². The van der Waals surface area contributed by atoms with E-state index in [4.69, 9.17) is 4.74 Å². The van der Waals surface area contributed by atoms with E-state index in [9.17, 15) is 81.9 Å². The average molecular weight is 1670 g/mol. The van der Waals surface area contributed by atoms with E-state index >= 15 is 0 Å². The number of benzene rings is 2. The molecule has 650 valence electrons. The van der Waals surface area contributed by atoms with Gasteiger partial charge in [-0.25, -0.2) is 16.8 Å². The fourth-order valence-corrected chi connectivity index (χ4v) is 31.4. The molecule has 12 aliphatic carbocycles. The molecule has 2 aromatic rings. The number of aliphatic hydroxyl groups is 5. The highest BCUT2D eigenvalue weighted by molar-refractivity contribution is 7.92. The molecule has 5 N–H and O–H groups in total. The van der Waals surface area contributed by atoms with Crippen LogP contribution in [-0.4, -0.2) is 114 Å². The van der Waals surface area contributed by atoms with Crippen LogP contribution in [0.15, 0.2) is 105 Å². The molecule has 9 saturated carbocycles. The minimum atomic E-state index is -4.63. The first-order valence-electron chi connectivity index (χ1n) is 42.5. The van der Waals surface area contributed by atoms with Crippen molar-refractivity contribution >= 4 is 33.2 Å². The summed E-state index contributed by atoms with van der Waals surface area (Å²) in [5.41, 5.74) is -5.87. The number of fused-ring (bicyclic) bond motifs is 15.